The topological polar surface area (TPSA) is 76.1 Å². The van der Waals surface area contributed by atoms with Crippen LogP contribution in [-0.4, -0.2) is 11.5 Å². The van der Waals surface area contributed by atoms with E-state index in [1.54, 1.807) is 6.07 Å². The highest BCUT2D eigenvalue weighted by Gasteiger charge is 2.29. The van der Waals surface area contributed by atoms with Crippen molar-refractivity contribution in [2.45, 2.75) is 19.1 Å². The maximum Gasteiger partial charge on any atom is 0.341 e. The van der Waals surface area contributed by atoms with Gasteiger partial charge in [-0.1, -0.05) is 30.3 Å². The Kier molecular flexibility index (Phi) is 3.42. The number of esters is 1. The molecule has 0 aliphatic carbocycles. The Morgan fingerprint density at radius 1 is 1.53 bits per heavy atom. The molecule has 0 spiro atoms. The van der Waals surface area contributed by atoms with Crippen molar-refractivity contribution in [1.82, 2.24) is 0 Å². The monoisotopic (exact) mass is 204 g/mol. The van der Waals surface area contributed by atoms with Crippen LogP contribution < -0.4 is 5.73 Å². The molecule has 0 radical (unpaired) electrons. The first-order valence-corrected chi connectivity index (χ1v) is 4.47. The summed E-state index contributed by atoms with van der Waals surface area (Å²) in [7, 11) is 0. The second-order valence-corrected chi connectivity index (χ2v) is 3.38. The molecule has 4 heteroatoms. The van der Waals surface area contributed by atoms with Crippen LogP contribution >= 0.6 is 0 Å². The summed E-state index contributed by atoms with van der Waals surface area (Å²) in [5.74, 6) is -0.714. The van der Waals surface area contributed by atoms with Gasteiger partial charge < -0.3 is 10.5 Å². The van der Waals surface area contributed by atoms with Crippen LogP contribution in [0.2, 0.25) is 0 Å². The highest BCUT2D eigenvalue weighted by Crippen LogP contribution is 2.05. The van der Waals surface area contributed by atoms with E-state index in [2.05, 4.69) is 0 Å². The zero-order valence-electron chi connectivity index (χ0n) is 8.43. The zero-order chi connectivity index (χ0) is 11.3. The molecule has 0 fully saturated rings. The molecule has 0 saturated carbocycles. The van der Waals surface area contributed by atoms with Gasteiger partial charge in [-0.25, -0.2) is 4.79 Å². The number of benzene rings is 1. The first kappa shape index (κ1) is 11.2. The van der Waals surface area contributed by atoms with Crippen molar-refractivity contribution < 1.29 is 9.53 Å². The number of ether oxygens (including phenoxy) is 1. The molecule has 1 unspecified atom stereocenters. The van der Waals surface area contributed by atoms with Gasteiger partial charge >= 0.3 is 5.97 Å². The van der Waals surface area contributed by atoms with Gasteiger partial charge in [0.05, 0.1) is 6.07 Å². The summed E-state index contributed by atoms with van der Waals surface area (Å²) < 4.78 is 4.90. The predicted octanol–water partition coefficient (Wildman–Crippen LogP) is 0.971. The fourth-order valence-electron chi connectivity index (χ4n) is 0.919. The second-order valence-electron chi connectivity index (χ2n) is 3.38. The third kappa shape index (κ3) is 3.08. The molecular weight excluding hydrogens is 192 g/mol. The Morgan fingerprint density at radius 3 is 2.67 bits per heavy atom. The molecule has 0 aliphatic heterocycles. The molecule has 0 amide bonds. The predicted molar refractivity (Wildman–Crippen MR) is 54.4 cm³/mol. The van der Waals surface area contributed by atoms with Gasteiger partial charge in [0, 0.05) is 0 Å². The second kappa shape index (κ2) is 4.58. The first-order valence-electron chi connectivity index (χ1n) is 4.47. The molecule has 0 saturated heterocycles. The molecule has 0 aliphatic rings. The van der Waals surface area contributed by atoms with Crippen LogP contribution in [0.5, 0.6) is 0 Å². The van der Waals surface area contributed by atoms with E-state index in [1.165, 1.54) is 6.92 Å². The number of nitrogens with two attached hydrogens (primary N) is 1. The third-order valence-corrected chi connectivity index (χ3v) is 1.87. The van der Waals surface area contributed by atoms with Gasteiger partial charge in [-0.15, -0.1) is 0 Å². The van der Waals surface area contributed by atoms with Crippen molar-refractivity contribution in [2.75, 3.05) is 0 Å². The van der Waals surface area contributed by atoms with Crippen LogP contribution in [0.4, 0.5) is 0 Å². The van der Waals surface area contributed by atoms with Crippen molar-refractivity contribution in [1.29, 1.82) is 5.26 Å². The smallest absolute Gasteiger partial charge is 0.341 e. The Labute approximate surface area is 88.3 Å². The molecule has 1 aromatic carbocycles. The lowest BCUT2D eigenvalue weighted by molar-refractivity contribution is -0.148. The number of rotatable bonds is 3. The lowest BCUT2D eigenvalue weighted by atomic mass is 10.1. The SMILES string of the molecule is CC(N)(C#N)C(=O)OCc1ccccc1. The lowest BCUT2D eigenvalue weighted by Crippen LogP contribution is -2.44. The lowest BCUT2D eigenvalue weighted by Gasteiger charge is -2.13. The highest BCUT2D eigenvalue weighted by atomic mass is 16.5. The van der Waals surface area contributed by atoms with Crippen LogP contribution in [0.3, 0.4) is 0 Å². The van der Waals surface area contributed by atoms with E-state index in [4.69, 9.17) is 15.7 Å². The Bertz CT molecular complexity index is 379. The van der Waals surface area contributed by atoms with Crippen LogP contribution in [0.1, 0.15) is 12.5 Å². The van der Waals surface area contributed by atoms with E-state index in [0.717, 1.165) is 5.56 Å². The minimum absolute atomic E-state index is 0.133. The van der Waals surface area contributed by atoms with E-state index in [-0.39, 0.29) is 6.61 Å². The fourth-order valence-corrected chi connectivity index (χ4v) is 0.919. The van der Waals surface area contributed by atoms with E-state index >= 15 is 0 Å². The van der Waals surface area contributed by atoms with Crippen LogP contribution in [-0.2, 0) is 16.1 Å². The van der Waals surface area contributed by atoms with Gasteiger partial charge in [0.1, 0.15) is 6.61 Å². The van der Waals surface area contributed by atoms with E-state index in [0.29, 0.717) is 0 Å². The van der Waals surface area contributed by atoms with Gasteiger partial charge in [0.15, 0.2) is 5.54 Å². The first-order chi connectivity index (χ1) is 7.06. The average molecular weight is 204 g/mol. The fraction of sp³-hybridized carbons (Fsp3) is 0.273. The average Bonchev–Trinajstić information content (AvgIpc) is 2.27. The van der Waals surface area contributed by atoms with Crippen molar-refractivity contribution in [3.8, 4) is 6.07 Å². The van der Waals surface area contributed by atoms with Crippen LogP contribution in [0.15, 0.2) is 30.3 Å². The summed E-state index contributed by atoms with van der Waals surface area (Å²) in [6, 6.07) is 10.9. The van der Waals surface area contributed by atoms with E-state index in [1.807, 2.05) is 30.3 Å². The molecule has 1 aromatic rings. The summed E-state index contributed by atoms with van der Waals surface area (Å²) in [6.45, 7) is 1.45. The summed E-state index contributed by atoms with van der Waals surface area (Å²) in [5, 5.41) is 8.59. The van der Waals surface area contributed by atoms with Gasteiger partial charge in [-0.05, 0) is 12.5 Å². The van der Waals surface area contributed by atoms with Gasteiger partial charge in [0.2, 0.25) is 0 Å². The molecule has 78 valence electrons. The highest BCUT2D eigenvalue weighted by molar-refractivity contribution is 5.83. The molecule has 0 bridgehead atoms. The summed E-state index contributed by atoms with van der Waals surface area (Å²) in [4.78, 5) is 11.3. The summed E-state index contributed by atoms with van der Waals surface area (Å²) >= 11 is 0. The Hall–Kier alpha value is -1.86. The van der Waals surface area contributed by atoms with E-state index < -0.39 is 11.5 Å². The molecule has 2 N–H and O–H groups in total. The summed E-state index contributed by atoms with van der Waals surface area (Å²) in [5.41, 5.74) is 4.67. The maximum absolute atomic E-state index is 11.3. The van der Waals surface area contributed by atoms with Crippen molar-refractivity contribution in [2.24, 2.45) is 5.73 Å². The van der Waals surface area contributed by atoms with Gasteiger partial charge in [-0.3, -0.25) is 0 Å². The number of carbonyl (C=O) groups excluding carboxylic acids is 1. The molecule has 4 nitrogen and oxygen atoms in total. The zero-order valence-corrected chi connectivity index (χ0v) is 8.43. The van der Waals surface area contributed by atoms with Gasteiger partial charge in [0.25, 0.3) is 0 Å². The molecule has 0 heterocycles. The van der Waals surface area contributed by atoms with E-state index in [9.17, 15) is 4.79 Å². The summed E-state index contributed by atoms with van der Waals surface area (Å²) in [6.07, 6.45) is 0. The maximum atomic E-state index is 11.3. The standard InChI is InChI=1S/C11H12N2O2/c1-11(13,8-12)10(14)15-7-9-5-3-2-4-6-9/h2-6H,7,13H2,1H3. The molecule has 1 rings (SSSR count). The molecule has 1 atom stereocenters. The Morgan fingerprint density at radius 2 is 2.13 bits per heavy atom. The minimum atomic E-state index is -1.57. The van der Waals surface area contributed by atoms with Crippen LogP contribution in [0.25, 0.3) is 0 Å². The molecular formula is C11H12N2O2. The Balaban J connectivity index is 2.53. The number of hydrogen-bond acceptors (Lipinski definition) is 4. The number of hydrogen-bond donors (Lipinski definition) is 1. The number of nitriles is 1. The normalized spacial score (nSPS) is 13.7. The quantitative estimate of drug-likeness (QED) is 0.744. The molecule has 15 heavy (non-hydrogen) atoms. The third-order valence-electron chi connectivity index (χ3n) is 1.87. The van der Waals surface area contributed by atoms with Gasteiger partial charge in [-0.2, -0.15) is 5.26 Å². The minimum Gasteiger partial charge on any atom is -0.459 e. The van der Waals surface area contributed by atoms with Crippen molar-refractivity contribution >= 4 is 5.97 Å². The van der Waals surface area contributed by atoms with Crippen molar-refractivity contribution in [3.63, 3.8) is 0 Å². The molecule has 0 aromatic heterocycles. The number of nitrogens with zero attached hydrogens (tertiary/aromatic N) is 1. The van der Waals surface area contributed by atoms with Crippen LogP contribution in [0, 0.1) is 11.3 Å². The van der Waals surface area contributed by atoms with Crippen molar-refractivity contribution in [3.05, 3.63) is 35.9 Å². The largest absolute Gasteiger partial charge is 0.459 e. The number of carbonyl (C=O) groups is 1.